The Morgan fingerprint density at radius 1 is 1.20 bits per heavy atom. The molecule has 114 valence electrons. The monoisotopic (exact) mass is 302 g/mol. The van der Waals surface area contributed by atoms with Gasteiger partial charge in [-0.3, -0.25) is 0 Å². The van der Waals surface area contributed by atoms with E-state index in [1.165, 1.54) is 18.4 Å². The minimum atomic E-state index is -3.44. The maximum atomic E-state index is 12.1. The van der Waals surface area contributed by atoms with Crippen molar-refractivity contribution in [1.82, 2.24) is 4.31 Å². The summed E-state index contributed by atoms with van der Waals surface area (Å²) in [6.07, 6.45) is -0.413. The lowest BCUT2D eigenvalue weighted by Gasteiger charge is -2.23. The van der Waals surface area contributed by atoms with Crippen LogP contribution in [0.1, 0.15) is 6.92 Å². The molecule has 0 aliphatic carbocycles. The predicted molar refractivity (Wildman–Crippen MR) is 78.2 cm³/mol. The summed E-state index contributed by atoms with van der Waals surface area (Å²) in [5, 5.41) is 3.16. The van der Waals surface area contributed by atoms with Crippen molar-refractivity contribution in [2.45, 2.75) is 24.2 Å². The lowest BCUT2D eigenvalue weighted by Crippen LogP contribution is -2.33. The minimum Gasteiger partial charge on any atom is -0.377 e. The number of benzene rings is 1. The van der Waals surface area contributed by atoms with Crippen LogP contribution in [0.4, 0.5) is 5.69 Å². The smallest absolute Gasteiger partial charge is 0.242 e. The van der Waals surface area contributed by atoms with Crippen LogP contribution in [-0.4, -0.2) is 53.4 Å². The number of anilines is 1. The number of ether oxygens (including phenoxy) is 2. The van der Waals surface area contributed by atoms with Crippen LogP contribution < -0.4 is 5.32 Å². The molecular formula is C13H22N2O4S. The second-order valence-corrected chi connectivity index (χ2v) is 6.74. The van der Waals surface area contributed by atoms with Gasteiger partial charge in [0.05, 0.1) is 10.9 Å². The molecule has 0 heterocycles. The number of sulfonamides is 1. The zero-order chi connectivity index (χ0) is 15.3. The number of nitrogens with one attached hydrogen (secondary N) is 1. The first kappa shape index (κ1) is 16.9. The molecule has 1 rings (SSSR count). The lowest BCUT2D eigenvalue weighted by molar-refractivity contribution is -0.109. The number of hydrogen-bond acceptors (Lipinski definition) is 5. The van der Waals surface area contributed by atoms with Crippen molar-refractivity contribution in [3.05, 3.63) is 24.3 Å². The summed E-state index contributed by atoms with van der Waals surface area (Å²) in [6, 6.07) is 6.53. The fourth-order valence-corrected chi connectivity index (χ4v) is 2.74. The van der Waals surface area contributed by atoms with E-state index in [9.17, 15) is 8.42 Å². The maximum absolute atomic E-state index is 12.1. The highest BCUT2D eigenvalue weighted by Gasteiger charge is 2.19. The zero-order valence-electron chi connectivity index (χ0n) is 12.5. The van der Waals surface area contributed by atoms with Gasteiger partial charge in [0.2, 0.25) is 10.0 Å². The summed E-state index contributed by atoms with van der Waals surface area (Å²) in [5.41, 5.74) is 0.694. The highest BCUT2D eigenvalue weighted by Crippen LogP contribution is 2.19. The molecule has 1 aromatic rings. The third-order valence-electron chi connectivity index (χ3n) is 2.88. The molecule has 0 fully saturated rings. The minimum absolute atomic E-state index is 0.123. The summed E-state index contributed by atoms with van der Waals surface area (Å²) in [4.78, 5) is 0.242. The fourth-order valence-electron chi connectivity index (χ4n) is 1.79. The maximum Gasteiger partial charge on any atom is 0.242 e. The van der Waals surface area contributed by atoms with E-state index in [1.807, 2.05) is 6.92 Å². The van der Waals surface area contributed by atoms with Crippen molar-refractivity contribution >= 4 is 15.7 Å². The number of methoxy groups -OCH3 is 2. The van der Waals surface area contributed by atoms with Gasteiger partial charge < -0.3 is 14.8 Å². The first-order valence-corrected chi connectivity index (χ1v) is 7.61. The summed E-state index contributed by atoms with van der Waals surface area (Å²) in [7, 11) is 2.68. The van der Waals surface area contributed by atoms with Crippen LogP contribution in [0.2, 0.25) is 0 Å². The lowest BCUT2D eigenvalue weighted by atomic mass is 10.2. The second kappa shape index (κ2) is 7.03. The fraction of sp³-hybridized carbons (Fsp3) is 0.538. The van der Waals surface area contributed by atoms with Gasteiger partial charge in [0.15, 0.2) is 6.29 Å². The largest absolute Gasteiger partial charge is 0.377 e. The van der Waals surface area contributed by atoms with E-state index in [0.717, 1.165) is 0 Å². The topological polar surface area (TPSA) is 67.9 Å². The van der Waals surface area contributed by atoms with Crippen molar-refractivity contribution in [2.75, 3.05) is 33.6 Å². The Morgan fingerprint density at radius 2 is 1.80 bits per heavy atom. The van der Waals surface area contributed by atoms with E-state index in [4.69, 9.17) is 9.47 Å². The van der Waals surface area contributed by atoms with Crippen LogP contribution in [0.15, 0.2) is 29.2 Å². The Balaban J connectivity index is 2.95. The van der Waals surface area contributed by atoms with Crippen molar-refractivity contribution in [1.29, 1.82) is 0 Å². The SMILES string of the molecule is COC(OC)C(C)Nc1cccc(S(=O)(=O)N(C)C)c1. The van der Waals surface area contributed by atoms with Crippen molar-refractivity contribution < 1.29 is 17.9 Å². The van der Waals surface area contributed by atoms with E-state index in [-0.39, 0.29) is 10.9 Å². The predicted octanol–water partition coefficient (Wildman–Crippen LogP) is 1.36. The highest BCUT2D eigenvalue weighted by molar-refractivity contribution is 7.89. The van der Waals surface area contributed by atoms with Crippen LogP contribution >= 0.6 is 0 Å². The van der Waals surface area contributed by atoms with E-state index in [0.29, 0.717) is 5.69 Å². The summed E-state index contributed by atoms with van der Waals surface area (Å²) >= 11 is 0. The standard InChI is InChI=1S/C13H22N2O4S/c1-10(13(18-4)19-5)14-11-7-6-8-12(9-11)20(16,17)15(2)3/h6-10,13-14H,1-5H3. The van der Waals surface area contributed by atoms with Gasteiger partial charge in [-0.25, -0.2) is 12.7 Å². The van der Waals surface area contributed by atoms with Crippen LogP contribution in [0.25, 0.3) is 0 Å². The molecule has 1 N–H and O–H groups in total. The van der Waals surface area contributed by atoms with Crippen LogP contribution in [0, 0.1) is 0 Å². The van der Waals surface area contributed by atoms with Crippen molar-refractivity contribution in [2.24, 2.45) is 0 Å². The molecule has 1 atom stereocenters. The van der Waals surface area contributed by atoms with Gasteiger partial charge in [0, 0.05) is 34.0 Å². The third-order valence-corrected chi connectivity index (χ3v) is 4.69. The van der Waals surface area contributed by atoms with Gasteiger partial charge in [0.1, 0.15) is 0 Å². The molecule has 0 saturated heterocycles. The van der Waals surface area contributed by atoms with Gasteiger partial charge in [-0.2, -0.15) is 0 Å². The van der Waals surface area contributed by atoms with E-state index in [2.05, 4.69) is 5.32 Å². The Morgan fingerprint density at radius 3 is 2.30 bits per heavy atom. The first-order valence-electron chi connectivity index (χ1n) is 6.17. The summed E-state index contributed by atoms with van der Waals surface area (Å²) < 4.78 is 35.6. The summed E-state index contributed by atoms with van der Waals surface area (Å²) in [5.74, 6) is 0. The molecule has 1 unspecified atom stereocenters. The second-order valence-electron chi connectivity index (χ2n) is 4.59. The van der Waals surface area contributed by atoms with Gasteiger partial charge >= 0.3 is 0 Å². The molecule has 0 amide bonds. The Kier molecular flexibility index (Phi) is 5.94. The molecule has 0 bridgehead atoms. The van der Waals surface area contributed by atoms with Crippen molar-refractivity contribution in [3.63, 3.8) is 0 Å². The molecular weight excluding hydrogens is 280 g/mol. The Labute approximate surface area is 120 Å². The van der Waals surface area contributed by atoms with Crippen LogP contribution in [0.3, 0.4) is 0 Å². The van der Waals surface area contributed by atoms with Gasteiger partial charge in [0.25, 0.3) is 0 Å². The molecule has 0 spiro atoms. The first-order chi connectivity index (χ1) is 9.32. The third kappa shape index (κ3) is 3.92. The van der Waals surface area contributed by atoms with E-state index >= 15 is 0 Å². The number of hydrogen-bond donors (Lipinski definition) is 1. The average molecular weight is 302 g/mol. The molecule has 0 aromatic heterocycles. The van der Waals surface area contributed by atoms with E-state index in [1.54, 1.807) is 38.5 Å². The normalized spacial score (nSPS) is 13.8. The Hall–Kier alpha value is -1.15. The molecule has 6 nitrogen and oxygen atoms in total. The zero-order valence-corrected chi connectivity index (χ0v) is 13.3. The van der Waals surface area contributed by atoms with Gasteiger partial charge in [-0.05, 0) is 25.1 Å². The molecule has 1 aromatic carbocycles. The molecule has 0 aliphatic rings. The molecule has 20 heavy (non-hydrogen) atoms. The van der Waals surface area contributed by atoms with Gasteiger partial charge in [-0.1, -0.05) is 6.07 Å². The number of rotatable bonds is 7. The van der Waals surface area contributed by atoms with Crippen LogP contribution in [0.5, 0.6) is 0 Å². The molecule has 0 radical (unpaired) electrons. The Bertz CT molecular complexity index is 527. The molecule has 7 heteroatoms. The van der Waals surface area contributed by atoms with E-state index < -0.39 is 16.3 Å². The highest BCUT2D eigenvalue weighted by atomic mass is 32.2. The molecule has 0 saturated carbocycles. The van der Waals surface area contributed by atoms with Crippen LogP contribution in [-0.2, 0) is 19.5 Å². The van der Waals surface area contributed by atoms with Crippen molar-refractivity contribution in [3.8, 4) is 0 Å². The average Bonchev–Trinajstić information content (AvgIpc) is 2.40. The summed E-state index contributed by atoms with van der Waals surface area (Å²) in [6.45, 7) is 1.89. The quantitative estimate of drug-likeness (QED) is 0.770. The molecule has 0 aliphatic heterocycles. The number of nitrogens with zero attached hydrogens (tertiary/aromatic N) is 1. The van der Waals surface area contributed by atoms with Gasteiger partial charge in [-0.15, -0.1) is 0 Å².